The van der Waals surface area contributed by atoms with Gasteiger partial charge in [-0.1, -0.05) is 30.3 Å². The van der Waals surface area contributed by atoms with Gasteiger partial charge in [-0.3, -0.25) is 9.59 Å². The van der Waals surface area contributed by atoms with Gasteiger partial charge in [-0.05, 0) is 18.4 Å². The third-order valence-corrected chi connectivity index (χ3v) is 4.86. The van der Waals surface area contributed by atoms with Gasteiger partial charge < -0.3 is 19.9 Å². The van der Waals surface area contributed by atoms with Crippen LogP contribution in [-0.4, -0.2) is 73.6 Å². The van der Waals surface area contributed by atoms with Crippen molar-refractivity contribution in [3.8, 4) is 0 Å². The van der Waals surface area contributed by atoms with Crippen LogP contribution in [-0.2, 0) is 20.7 Å². The molecule has 6 nitrogen and oxygen atoms in total. The van der Waals surface area contributed by atoms with Crippen LogP contribution in [0.5, 0.6) is 0 Å². The summed E-state index contributed by atoms with van der Waals surface area (Å²) in [4.78, 5) is 28.5. The molecule has 0 aromatic heterocycles. The molecule has 1 unspecified atom stereocenters. The number of hydrogen-bond donors (Lipinski definition) is 1. The Bertz CT molecular complexity index is 565. The lowest BCUT2D eigenvalue weighted by atomic mass is 10.1. The molecule has 2 aliphatic rings. The molecule has 0 radical (unpaired) electrons. The lowest BCUT2D eigenvalue weighted by Crippen LogP contribution is -2.57. The molecule has 25 heavy (non-hydrogen) atoms. The number of hydrogen-bond acceptors (Lipinski definition) is 4. The first-order valence-electron chi connectivity index (χ1n) is 9.15. The molecular weight excluding hydrogens is 318 g/mol. The number of rotatable bonds is 5. The molecule has 3 rings (SSSR count). The Hall–Kier alpha value is -1.92. The molecule has 1 aromatic carbocycles. The van der Waals surface area contributed by atoms with Gasteiger partial charge in [-0.2, -0.15) is 0 Å². The fourth-order valence-corrected chi connectivity index (χ4v) is 3.37. The Kier molecular flexibility index (Phi) is 6.42. The van der Waals surface area contributed by atoms with Gasteiger partial charge in [-0.25, -0.2) is 0 Å². The van der Waals surface area contributed by atoms with E-state index < -0.39 is 0 Å². The summed E-state index contributed by atoms with van der Waals surface area (Å²) in [5.41, 5.74) is 1.27. The van der Waals surface area contributed by atoms with Gasteiger partial charge in [0.2, 0.25) is 11.8 Å². The van der Waals surface area contributed by atoms with Crippen LogP contribution in [0.15, 0.2) is 30.3 Å². The predicted molar refractivity (Wildman–Crippen MR) is 95.1 cm³/mol. The van der Waals surface area contributed by atoms with Gasteiger partial charge in [0.05, 0.1) is 13.2 Å². The maximum Gasteiger partial charge on any atom is 0.242 e. The largest absolute Gasteiger partial charge is 0.378 e. The zero-order valence-corrected chi connectivity index (χ0v) is 14.7. The maximum absolute atomic E-state index is 12.4. The zero-order chi connectivity index (χ0) is 17.5. The number of carbonyl (C=O) groups is 2. The van der Waals surface area contributed by atoms with Gasteiger partial charge in [0.25, 0.3) is 0 Å². The monoisotopic (exact) mass is 345 g/mol. The fraction of sp³-hybridized carbons (Fsp3) is 0.579. The Morgan fingerprint density at radius 3 is 2.48 bits per heavy atom. The average molecular weight is 345 g/mol. The number of benzene rings is 1. The quantitative estimate of drug-likeness (QED) is 0.852. The summed E-state index contributed by atoms with van der Waals surface area (Å²) >= 11 is 0. The Labute approximate surface area is 149 Å². The highest BCUT2D eigenvalue weighted by Crippen LogP contribution is 2.10. The number of carbonyl (C=O) groups excluding carboxylic acids is 2. The van der Waals surface area contributed by atoms with Gasteiger partial charge in [0, 0.05) is 39.1 Å². The first-order chi connectivity index (χ1) is 12.2. The van der Waals surface area contributed by atoms with E-state index in [1.54, 1.807) is 0 Å². The van der Waals surface area contributed by atoms with E-state index in [9.17, 15) is 9.59 Å². The second-order valence-corrected chi connectivity index (χ2v) is 6.63. The minimum Gasteiger partial charge on any atom is -0.378 e. The zero-order valence-electron chi connectivity index (χ0n) is 14.7. The lowest BCUT2D eigenvalue weighted by Gasteiger charge is -2.37. The van der Waals surface area contributed by atoms with Crippen LogP contribution in [0.4, 0.5) is 0 Å². The van der Waals surface area contributed by atoms with E-state index in [2.05, 4.69) is 17.4 Å². The number of nitrogens with zero attached hydrogens (tertiary/aromatic N) is 2. The van der Waals surface area contributed by atoms with Gasteiger partial charge in [0.15, 0.2) is 0 Å². The summed E-state index contributed by atoms with van der Waals surface area (Å²) in [6.45, 7) is 4.30. The van der Waals surface area contributed by atoms with Crippen molar-refractivity contribution in [2.75, 3.05) is 45.9 Å². The maximum atomic E-state index is 12.4. The SMILES string of the molecule is O=C(CCCc1ccccc1)N1CCN(C(=O)C2COCCN2)CC1. The number of morpholine rings is 1. The first kappa shape index (κ1) is 17.9. The van der Waals surface area contributed by atoms with Gasteiger partial charge in [-0.15, -0.1) is 0 Å². The van der Waals surface area contributed by atoms with Crippen LogP contribution >= 0.6 is 0 Å². The Morgan fingerprint density at radius 2 is 1.80 bits per heavy atom. The summed E-state index contributed by atoms with van der Waals surface area (Å²) in [6, 6.07) is 10.0. The highest BCUT2D eigenvalue weighted by molar-refractivity contribution is 5.83. The average Bonchev–Trinajstić information content (AvgIpc) is 2.69. The molecule has 0 saturated carbocycles. The van der Waals surface area contributed by atoms with Crippen LogP contribution in [0.1, 0.15) is 18.4 Å². The molecule has 2 fully saturated rings. The molecule has 1 aromatic rings. The molecule has 2 heterocycles. The van der Waals surface area contributed by atoms with E-state index >= 15 is 0 Å². The molecule has 2 amide bonds. The van der Waals surface area contributed by atoms with Crippen molar-refractivity contribution in [3.05, 3.63) is 35.9 Å². The number of aryl methyl sites for hydroxylation is 1. The third kappa shape index (κ3) is 5.03. The van der Waals surface area contributed by atoms with E-state index in [1.807, 2.05) is 28.0 Å². The summed E-state index contributed by atoms with van der Waals surface area (Å²) in [5, 5.41) is 3.20. The van der Waals surface area contributed by atoms with E-state index in [-0.39, 0.29) is 17.9 Å². The summed E-state index contributed by atoms with van der Waals surface area (Å²) < 4.78 is 5.36. The highest BCUT2D eigenvalue weighted by Gasteiger charge is 2.29. The summed E-state index contributed by atoms with van der Waals surface area (Å²) in [5.74, 6) is 0.290. The number of amides is 2. The lowest BCUT2D eigenvalue weighted by molar-refractivity contribution is -0.142. The Balaban J connectivity index is 1.37. The smallest absolute Gasteiger partial charge is 0.242 e. The van der Waals surface area contributed by atoms with Crippen LogP contribution in [0.2, 0.25) is 0 Å². The van der Waals surface area contributed by atoms with E-state index in [0.29, 0.717) is 45.8 Å². The molecule has 136 valence electrons. The van der Waals surface area contributed by atoms with Crippen LogP contribution in [0, 0.1) is 0 Å². The van der Waals surface area contributed by atoms with E-state index in [4.69, 9.17) is 4.74 Å². The van der Waals surface area contributed by atoms with Crippen LogP contribution < -0.4 is 5.32 Å². The first-order valence-corrected chi connectivity index (χ1v) is 9.15. The fourth-order valence-electron chi connectivity index (χ4n) is 3.37. The van der Waals surface area contributed by atoms with Crippen molar-refractivity contribution < 1.29 is 14.3 Å². The van der Waals surface area contributed by atoms with E-state index in [0.717, 1.165) is 19.4 Å². The predicted octanol–water partition coefficient (Wildman–Crippen LogP) is 0.669. The molecule has 2 saturated heterocycles. The molecular formula is C19H27N3O3. The molecule has 0 bridgehead atoms. The number of ether oxygens (including phenoxy) is 1. The van der Waals surface area contributed by atoms with Crippen molar-refractivity contribution in [2.24, 2.45) is 0 Å². The second-order valence-electron chi connectivity index (χ2n) is 6.63. The van der Waals surface area contributed by atoms with Crippen LogP contribution in [0.3, 0.4) is 0 Å². The summed E-state index contributed by atoms with van der Waals surface area (Å²) in [7, 11) is 0. The van der Waals surface area contributed by atoms with Crippen molar-refractivity contribution in [3.63, 3.8) is 0 Å². The molecule has 1 N–H and O–H groups in total. The van der Waals surface area contributed by atoms with Crippen LogP contribution in [0.25, 0.3) is 0 Å². The van der Waals surface area contributed by atoms with E-state index in [1.165, 1.54) is 5.56 Å². The van der Waals surface area contributed by atoms with Crippen molar-refractivity contribution >= 4 is 11.8 Å². The normalized spacial score (nSPS) is 21.2. The standard InChI is InChI=1S/C19H27N3O3/c23-18(8-4-7-16-5-2-1-3-6-16)21-10-12-22(13-11-21)19(24)17-15-25-14-9-20-17/h1-3,5-6,17,20H,4,7-15H2. The number of nitrogens with one attached hydrogen (secondary N) is 1. The molecule has 1 atom stereocenters. The number of piperazine rings is 1. The summed E-state index contributed by atoms with van der Waals surface area (Å²) in [6.07, 6.45) is 2.37. The van der Waals surface area contributed by atoms with Crippen molar-refractivity contribution in [2.45, 2.75) is 25.3 Å². The minimum atomic E-state index is -0.234. The van der Waals surface area contributed by atoms with Gasteiger partial charge >= 0.3 is 0 Å². The molecule has 6 heteroatoms. The van der Waals surface area contributed by atoms with Crippen molar-refractivity contribution in [1.82, 2.24) is 15.1 Å². The minimum absolute atomic E-state index is 0.0934. The molecule has 2 aliphatic heterocycles. The third-order valence-electron chi connectivity index (χ3n) is 4.86. The second kappa shape index (κ2) is 8.97. The molecule has 0 aliphatic carbocycles. The topological polar surface area (TPSA) is 61.9 Å². The van der Waals surface area contributed by atoms with Crippen molar-refractivity contribution in [1.29, 1.82) is 0 Å². The Morgan fingerprint density at radius 1 is 1.08 bits per heavy atom. The highest BCUT2D eigenvalue weighted by atomic mass is 16.5. The molecule has 0 spiro atoms. The van der Waals surface area contributed by atoms with Gasteiger partial charge in [0.1, 0.15) is 6.04 Å².